The summed E-state index contributed by atoms with van der Waals surface area (Å²) >= 11 is 0. The fourth-order valence-electron chi connectivity index (χ4n) is 3.27. The molecule has 132 valence electrons. The molecule has 0 N–H and O–H groups in total. The zero-order valence-corrected chi connectivity index (χ0v) is 14.4. The normalized spacial score (nSPS) is 17.4. The molecule has 0 spiro atoms. The molecule has 3 heterocycles. The summed E-state index contributed by atoms with van der Waals surface area (Å²) in [4.78, 5) is 27.9. The van der Waals surface area contributed by atoms with Crippen molar-refractivity contribution in [3.05, 3.63) is 66.4 Å². The van der Waals surface area contributed by atoms with Gasteiger partial charge in [-0.1, -0.05) is 24.3 Å². The number of para-hydroxylation sites is 1. The molecule has 1 aliphatic rings. The van der Waals surface area contributed by atoms with Crippen LogP contribution in [0.25, 0.3) is 10.9 Å². The van der Waals surface area contributed by atoms with Gasteiger partial charge in [0, 0.05) is 30.5 Å². The molecule has 6 heteroatoms. The van der Waals surface area contributed by atoms with Crippen molar-refractivity contribution < 1.29 is 9.53 Å². The fourth-order valence-corrected chi connectivity index (χ4v) is 3.27. The molecule has 0 saturated carbocycles. The number of morpholine rings is 1. The number of aromatic nitrogens is 3. The summed E-state index contributed by atoms with van der Waals surface area (Å²) in [5.41, 5.74) is 2.24. The molecule has 2 aromatic heterocycles. The van der Waals surface area contributed by atoms with Crippen molar-refractivity contribution in [2.24, 2.45) is 0 Å². The van der Waals surface area contributed by atoms with Gasteiger partial charge in [-0.05, 0) is 25.0 Å². The molecule has 26 heavy (non-hydrogen) atoms. The number of aryl methyl sites for hydroxylation is 1. The van der Waals surface area contributed by atoms with E-state index >= 15 is 0 Å². The van der Waals surface area contributed by atoms with E-state index in [-0.39, 0.29) is 11.9 Å². The Balaban J connectivity index is 1.51. The van der Waals surface area contributed by atoms with Crippen LogP contribution in [0.5, 0.6) is 0 Å². The standard InChI is InChI=1S/C20H20N4O2/c25-20(19-8-5-15-3-1-2-4-18(15)23-19)24-11-12-26-14-17(24)7-6-16-13-21-9-10-22-16/h1-5,8-10,13,17H,6-7,11-12,14H2/t17-/m1/s1. The second-order valence-corrected chi connectivity index (χ2v) is 6.35. The average molecular weight is 348 g/mol. The van der Waals surface area contributed by atoms with Crippen molar-refractivity contribution in [3.8, 4) is 0 Å². The Kier molecular flexibility index (Phi) is 4.84. The van der Waals surface area contributed by atoms with Crippen molar-refractivity contribution in [2.75, 3.05) is 19.8 Å². The van der Waals surface area contributed by atoms with Crippen LogP contribution in [-0.4, -0.2) is 51.6 Å². The van der Waals surface area contributed by atoms with Crippen molar-refractivity contribution in [1.82, 2.24) is 19.9 Å². The monoisotopic (exact) mass is 348 g/mol. The smallest absolute Gasteiger partial charge is 0.272 e. The minimum atomic E-state index is -0.0387. The SMILES string of the molecule is O=C(c1ccc2ccccc2n1)N1CCOC[C@H]1CCc1cnccn1. The Hall–Kier alpha value is -2.86. The molecule has 1 amide bonds. The highest BCUT2D eigenvalue weighted by Crippen LogP contribution is 2.18. The van der Waals surface area contributed by atoms with Crippen molar-refractivity contribution in [2.45, 2.75) is 18.9 Å². The summed E-state index contributed by atoms with van der Waals surface area (Å²) in [5, 5.41) is 1.03. The highest BCUT2D eigenvalue weighted by atomic mass is 16.5. The number of carbonyl (C=O) groups excluding carboxylic acids is 1. The van der Waals surface area contributed by atoms with Crippen LogP contribution in [0.15, 0.2) is 55.0 Å². The quantitative estimate of drug-likeness (QED) is 0.725. The summed E-state index contributed by atoms with van der Waals surface area (Å²) in [6, 6.07) is 11.6. The van der Waals surface area contributed by atoms with Crippen molar-refractivity contribution in [1.29, 1.82) is 0 Å². The molecule has 1 saturated heterocycles. The van der Waals surface area contributed by atoms with Gasteiger partial charge >= 0.3 is 0 Å². The van der Waals surface area contributed by atoms with Crippen LogP contribution in [0.1, 0.15) is 22.6 Å². The van der Waals surface area contributed by atoms with Crippen LogP contribution in [0.4, 0.5) is 0 Å². The second-order valence-electron chi connectivity index (χ2n) is 6.35. The minimum absolute atomic E-state index is 0.0199. The number of hydrogen-bond acceptors (Lipinski definition) is 5. The number of pyridine rings is 1. The van der Waals surface area contributed by atoms with E-state index in [9.17, 15) is 4.79 Å². The molecule has 1 aromatic carbocycles. The molecule has 6 nitrogen and oxygen atoms in total. The molecule has 1 aliphatic heterocycles. The fraction of sp³-hybridized carbons (Fsp3) is 0.300. The number of carbonyl (C=O) groups is 1. The van der Waals surface area contributed by atoms with E-state index in [1.165, 1.54) is 0 Å². The highest BCUT2D eigenvalue weighted by molar-refractivity contribution is 5.95. The molecule has 0 bridgehead atoms. The number of fused-ring (bicyclic) bond motifs is 1. The zero-order chi connectivity index (χ0) is 17.8. The molecular weight excluding hydrogens is 328 g/mol. The van der Waals surface area contributed by atoms with Crippen LogP contribution in [0.2, 0.25) is 0 Å². The van der Waals surface area contributed by atoms with E-state index < -0.39 is 0 Å². The van der Waals surface area contributed by atoms with Gasteiger partial charge in [0.2, 0.25) is 0 Å². The number of nitrogens with zero attached hydrogens (tertiary/aromatic N) is 4. The average Bonchev–Trinajstić information content (AvgIpc) is 2.72. The van der Waals surface area contributed by atoms with Gasteiger partial charge in [0.1, 0.15) is 5.69 Å². The maximum absolute atomic E-state index is 13.0. The van der Waals surface area contributed by atoms with Crippen LogP contribution in [-0.2, 0) is 11.2 Å². The maximum Gasteiger partial charge on any atom is 0.272 e. The molecule has 0 aliphatic carbocycles. The molecule has 4 rings (SSSR count). The summed E-state index contributed by atoms with van der Waals surface area (Å²) in [6.07, 6.45) is 6.67. The van der Waals surface area contributed by atoms with E-state index in [0.29, 0.717) is 25.5 Å². The lowest BCUT2D eigenvalue weighted by Gasteiger charge is -2.35. The van der Waals surface area contributed by atoms with Crippen molar-refractivity contribution in [3.63, 3.8) is 0 Å². The van der Waals surface area contributed by atoms with Crippen LogP contribution < -0.4 is 0 Å². The predicted molar refractivity (Wildman–Crippen MR) is 97.7 cm³/mol. The number of hydrogen-bond donors (Lipinski definition) is 0. The van der Waals surface area contributed by atoms with Crippen LogP contribution in [0, 0.1) is 0 Å². The molecule has 0 radical (unpaired) electrons. The van der Waals surface area contributed by atoms with E-state index in [4.69, 9.17) is 4.74 Å². The Morgan fingerprint density at radius 3 is 3.00 bits per heavy atom. The molecule has 1 fully saturated rings. The van der Waals surface area contributed by atoms with Crippen LogP contribution >= 0.6 is 0 Å². The van der Waals surface area contributed by atoms with Gasteiger partial charge in [0.25, 0.3) is 5.91 Å². The summed E-state index contributed by atoms with van der Waals surface area (Å²) in [7, 11) is 0. The Morgan fingerprint density at radius 1 is 1.19 bits per heavy atom. The lowest BCUT2D eigenvalue weighted by molar-refractivity contribution is -0.00441. The summed E-state index contributed by atoms with van der Waals surface area (Å²) in [5.74, 6) is -0.0387. The summed E-state index contributed by atoms with van der Waals surface area (Å²) < 4.78 is 5.61. The van der Waals surface area contributed by atoms with Crippen molar-refractivity contribution >= 4 is 16.8 Å². The maximum atomic E-state index is 13.0. The van der Waals surface area contributed by atoms with Gasteiger partial charge in [-0.3, -0.25) is 14.8 Å². The first-order chi connectivity index (χ1) is 12.8. The van der Waals surface area contributed by atoms with Gasteiger partial charge < -0.3 is 9.64 Å². The molecule has 3 aromatic rings. The second kappa shape index (κ2) is 7.58. The Morgan fingerprint density at radius 2 is 2.12 bits per heavy atom. The predicted octanol–water partition coefficient (Wildman–Crippen LogP) is 2.50. The van der Waals surface area contributed by atoms with E-state index in [0.717, 1.165) is 29.4 Å². The Labute approximate surface area is 151 Å². The topological polar surface area (TPSA) is 68.2 Å². The molecule has 1 atom stereocenters. The number of rotatable bonds is 4. The van der Waals surface area contributed by atoms with Gasteiger partial charge in [0.05, 0.1) is 30.5 Å². The van der Waals surface area contributed by atoms with Gasteiger partial charge in [-0.2, -0.15) is 0 Å². The summed E-state index contributed by atoms with van der Waals surface area (Å²) in [6.45, 7) is 1.68. The third-order valence-corrected chi connectivity index (χ3v) is 4.66. The van der Waals surface area contributed by atoms with E-state index in [2.05, 4.69) is 15.0 Å². The zero-order valence-electron chi connectivity index (χ0n) is 14.4. The van der Waals surface area contributed by atoms with E-state index in [1.807, 2.05) is 35.2 Å². The molecule has 0 unspecified atom stereocenters. The third-order valence-electron chi connectivity index (χ3n) is 4.66. The third kappa shape index (κ3) is 3.55. The minimum Gasteiger partial charge on any atom is -0.377 e. The van der Waals surface area contributed by atoms with Gasteiger partial charge in [0.15, 0.2) is 0 Å². The highest BCUT2D eigenvalue weighted by Gasteiger charge is 2.28. The van der Waals surface area contributed by atoms with Crippen LogP contribution in [0.3, 0.4) is 0 Å². The number of amides is 1. The number of benzene rings is 1. The largest absolute Gasteiger partial charge is 0.377 e. The lowest BCUT2D eigenvalue weighted by atomic mass is 10.1. The first-order valence-corrected chi connectivity index (χ1v) is 8.81. The molecular formula is C20H20N4O2. The number of ether oxygens (including phenoxy) is 1. The van der Waals surface area contributed by atoms with Gasteiger partial charge in [-0.25, -0.2) is 4.98 Å². The first kappa shape index (κ1) is 16.6. The lowest BCUT2D eigenvalue weighted by Crippen LogP contribution is -2.49. The Bertz CT molecular complexity index is 900. The van der Waals surface area contributed by atoms with E-state index in [1.54, 1.807) is 24.7 Å². The first-order valence-electron chi connectivity index (χ1n) is 8.81. The van der Waals surface area contributed by atoms with Gasteiger partial charge in [-0.15, -0.1) is 0 Å².